The monoisotopic (exact) mass is 437 g/mol. The number of carbonyl (C=O) groups excluding carboxylic acids is 1. The van der Waals surface area contributed by atoms with Gasteiger partial charge in [-0.2, -0.15) is 0 Å². The Morgan fingerprint density at radius 1 is 1.29 bits per heavy atom. The third-order valence-electron chi connectivity index (χ3n) is 3.94. The number of rotatable bonds is 4. The molecular weight excluding hydrogens is 417 g/mol. The standard InChI is InChI=1S/C19H20INO3/c1-14-12-21(9-10-23-14)19(22)16-7-8-17(20)18(11-16)24-13-15-5-3-2-4-6-15/h2-8,11,14H,9-10,12-13H2,1H3/t14-/m1/s1. The molecule has 0 spiro atoms. The van der Waals surface area contributed by atoms with Crippen LogP contribution < -0.4 is 4.74 Å². The molecule has 1 heterocycles. The van der Waals surface area contributed by atoms with Crippen molar-refractivity contribution in [1.82, 2.24) is 4.90 Å². The molecule has 1 atom stereocenters. The van der Waals surface area contributed by atoms with Crippen LogP contribution >= 0.6 is 22.6 Å². The average molecular weight is 437 g/mol. The van der Waals surface area contributed by atoms with Gasteiger partial charge in [0, 0.05) is 18.7 Å². The van der Waals surface area contributed by atoms with Gasteiger partial charge in [0.1, 0.15) is 12.4 Å². The zero-order chi connectivity index (χ0) is 16.9. The van der Waals surface area contributed by atoms with Crippen LogP contribution in [0, 0.1) is 3.57 Å². The van der Waals surface area contributed by atoms with Crippen LogP contribution in [0.4, 0.5) is 0 Å². The molecule has 4 nitrogen and oxygen atoms in total. The predicted molar refractivity (Wildman–Crippen MR) is 101 cm³/mol. The number of hydrogen-bond donors (Lipinski definition) is 0. The molecule has 126 valence electrons. The van der Waals surface area contributed by atoms with Crippen LogP contribution in [0.1, 0.15) is 22.8 Å². The van der Waals surface area contributed by atoms with Gasteiger partial charge in [0.25, 0.3) is 5.91 Å². The molecule has 1 saturated heterocycles. The molecule has 0 radical (unpaired) electrons. The number of carbonyl (C=O) groups is 1. The quantitative estimate of drug-likeness (QED) is 0.685. The smallest absolute Gasteiger partial charge is 0.254 e. The van der Waals surface area contributed by atoms with Crippen LogP contribution in [0.2, 0.25) is 0 Å². The van der Waals surface area contributed by atoms with Crippen molar-refractivity contribution in [3.05, 3.63) is 63.2 Å². The van der Waals surface area contributed by atoms with Gasteiger partial charge in [-0.1, -0.05) is 30.3 Å². The molecule has 2 aromatic rings. The number of morpholine rings is 1. The van der Waals surface area contributed by atoms with Crippen molar-refractivity contribution in [2.75, 3.05) is 19.7 Å². The Bertz CT molecular complexity index is 705. The van der Waals surface area contributed by atoms with Gasteiger partial charge in [-0.15, -0.1) is 0 Å². The van der Waals surface area contributed by atoms with E-state index in [0.29, 0.717) is 31.9 Å². The molecule has 24 heavy (non-hydrogen) atoms. The van der Waals surface area contributed by atoms with Crippen LogP contribution in [0.15, 0.2) is 48.5 Å². The van der Waals surface area contributed by atoms with Gasteiger partial charge in [-0.05, 0) is 53.3 Å². The second kappa shape index (κ2) is 7.98. The fourth-order valence-electron chi connectivity index (χ4n) is 2.67. The third kappa shape index (κ3) is 4.27. The molecule has 0 saturated carbocycles. The van der Waals surface area contributed by atoms with Crippen LogP contribution in [0.25, 0.3) is 0 Å². The number of benzene rings is 2. The lowest BCUT2D eigenvalue weighted by Crippen LogP contribution is -2.44. The zero-order valence-corrected chi connectivity index (χ0v) is 15.7. The van der Waals surface area contributed by atoms with Crippen LogP contribution in [0.3, 0.4) is 0 Å². The van der Waals surface area contributed by atoms with E-state index in [4.69, 9.17) is 9.47 Å². The van der Waals surface area contributed by atoms with Gasteiger partial charge in [0.15, 0.2) is 0 Å². The molecule has 0 N–H and O–H groups in total. The molecule has 1 fully saturated rings. The molecule has 1 amide bonds. The zero-order valence-electron chi connectivity index (χ0n) is 13.6. The van der Waals surface area contributed by atoms with Crippen molar-refractivity contribution < 1.29 is 14.3 Å². The second-order valence-electron chi connectivity index (χ2n) is 5.85. The summed E-state index contributed by atoms with van der Waals surface area (Å²) in [4.78, 5) is 14.5. The predicted octanol–water partition coefficient (Wildman–Crippen LogP) is 3.73. The highest BCUT2D eigenvalue weighted by molar-refractivity contribution is 14.1. The second-order valence-corrected chi connectivity index (χ2v) is 7.01. The van der Waals surface area contributed by atoms with Crippen molar-refractivity contribution in [3.8, 4) is 5.75 Å². The third-order valence-corrected chi connectivity index (χ3v) is 4.83. The molecule has 0 bridgehead atoms. The molecule has 0 aliphatic carbocycles. The molecule has 3 rings (SSSR count). The molecule has 1 aliphatic heterocycles. The van der Waals surface area contributed by atoms with Crippen molar-refractivity contribution >= 4 is 28.5 Å². The lowest BCUT2D eigenvalue weighted by atomic mass is 10.1. The molecular formula is C19H20INO3. The molecule has 2 aromatic carbocycles. The first-order valence-corrected chi connectivity index (χ1v) is 9.08. The topological polar surface area (TPSA) is 38.8 Å². The summed E-state index contributed by atoms with van der Waals surface area (Å²) in [6.45, 7) is 4.33. The highest BCUT2D eigenvalue weighted by Crippen LogP contribution is 2.24. The Hall–Kier alpha value is -1.60. The summed E-state index contributed by atoms with van der Waals surface area (Å²) in [7, 11) is 0. The van der Waals surface area contributed by atoms with E-state index in [-0.39, 0.29) is 12.0 Å². The van der Waals surface area contributed by atoms with E-state index in [1.807, 2.05) is 60.4 Å². The summed E-state index contributed by atoms with van der Waals surface area (Å²) in [6, 6.07) is 15.6. The maximum absolute atomic E-state index is 12.7. The van der Waals surface area contributed by atoms with E-state index in [1.54, 1.807) is 0 Å². The van der Waals surface area contributed by atoms with E-state index in [0.717, 1.165) is 14.9 Å². The van der Waals surface area contributed by atoms with Crippen molar-refractivity contribution in [2.45, 2.75) is 19.6 Å². The Balaban J connectivity index is 1.72. The summed E-state index contributed by atoms with van der Waals surface area (Å²) >= 11 is 2.23. The first-order valence-electron chi connectivity index (χ1n) is 8.00. The van der Waals surface area contributed by atoms with E-state index in [2.05, 4.69) is 22.6 Å². The number of halogens is 1. The van der Waals surface area contributed by atoms with E-state index in [1.165, 1.54) is 0 Å². The normalized spacial score (nSPS) is 17.6. The molecule has 0 aromatic heterocycles. The minimum absolute atomic E-state index is 0.0334. The Morgan fingerprint density at radius 3 is 2.83 bits per heavy atom. The van der Waals surface area contributed by atoms with Gasteiger partial charge in [-0.3, -0.25) is 4.79 Å². The van der Waals surface area contributed by atoms with Crippen molar-refractivity contribution in [2.24, 2.45) is 0 Å². The fourth-order valence-corrected chi connectivity index (χ4v) is 3.16. The largest absolute Gasteiger partial charge is 0.488 e. The number of amides is 1. The number of ether oxygens (including phenoxy) is 2. The highest BCUT2D eigenvalue weighted by atomic mass is 127. The Morgan fingerprint density at radius 2 is 2.08 bits per heavy atom. The summed E-state index contributed by atoms with van der Waals surface area (Å²) in [5.41, 5.74) is 1.76. The fraction of sp³-hybridized carbons (Fsp3) is 0.316. The highest BCUT2D eigenvalue weighted by Gasteiger charge is 2.23. The van der Waals surface area contributed by atoms with Gasteiger partial charge in [0.05, 0.1) is 16.3 Å². The summed E-state index contributed by atoms with van der Waals surface area (Å²) < 4.78 is 12.4. The lowest BCUT2D eigenvalue weighted by Gasteiger charge is -2.31. The lowest BCUT2D eigenvalue weighted by molar-refractivity contribution is -0.0124. The number of nitrogens with zero attached hydrogens (tertiary/aromatic N) is 1. The average Bonchev–Trinajstić information content (AvgIpc) is 2.61. The minimum atomic E-state index is 0.0334. The van der Waals surface area contributed by atoms with Gasteiger partial charge in [0.2, 0.25) is 0 Å². The van der Waals surface area contributed by atoms with E-state index >= 15 is 0 Å². The minimum Gasteiger partial charge on any atom is -0.488 e. The van der Waals surface area contributed by atoms with Crippen LogP contribution in [-0.2, 0) is 11.3 Å². The summed E-state index contributed by atoms with van der Waals surface area (Å²) in [5, 5.41) is 0. The maximum atomic E-state index is 12.7. The van der Waals surface area contributed by atoms with Crippen LogP contribution in [0.5, 0.6) is 5.75 Å². The van der Waals surface area contributed by atoms with Crippen LogP contribution in [-0.4, -0.2) is 36.6 Å². The first-order chi connectivity index (χ1) is 11.6. The summed E-state index contributed by atoms with van der Waals surface area (Å²) in [5.74, 6) is 0.776. The van der Waals surface area contributed by atoms with Crippen molar-refractivity contribution in [3.63, 3.8) is 0 Å². The Labute approximate surface area is 155 Å². The van der Waals surface area contributed by atoms with Gasteiger partial charge in [-0.25, -0.2) is 0 Å². The van der Waals surface area contributed by atoms with Crippen molar-refractivity contribution in [1.29, 1.82) is 0 Å². The van der Waals surface area contributed by atoms with E-state index < -0.39 is 0 Å². The number of hydrogen-bond acceptors (Lipinski definition) is 3. The first kappa shape index (κ1) is 17.2. The van der Waals surface area contributed by atoms with Gasteiger partial charge >= 0.3 is 0 Å². The maximum Gasteiger partial charge on any atom is 0.254 e. The van der Waals surface area contributed by atoms with Gasteiger partial charge < -0.3 is 14.4 Å². The Kier molecular flexibility index (Phi) is 5.73. The van der Waals surface area contributed by atoms with E-state index in [9.17, 15) is 4.79 Å². The summed E-state index contributed by atoms with van der Waals surface area (Å²) in [6.07, 6.45) is 0.0837. The molecule has 5 heteroatoms. The molecule has 0 unspecified atom stereocenters. The SMILES string of the molecule is C[C@@H]1CN(C(=O)c2ccc(I)c(OCc3ccccc3)c2)CCO1. The molecule has 1 aliphatic rings.